The largest absolute Gasteiger partial charge is 0.334 e. The molecule has 0 atom stereocenters. The van der Waals surface area contributed by atoms with Crippen molar-refractivity contribution in [3.63, 3.8) is 0 Å². The van der Waals surface area contributed by atoms with E-state index in [0.29, 0.717) is 0 Å². The first-order chi connectivity index (χ1) is 9.92. The molecule has 3 rings (SSSR count). The molecule has 0 fully saturated rings. The smallest absolute Gasteiger partial charge is 0.0948 e. The number of aryl methyl sites for hydroxylation is 2. The molecule has 0 aliphatic heterocycles. The van der Waals surface area contributed by atoms with Gasteiger partial charge in [-0.3, -0.25) is 0 Å². The zero-order valence-corrected chi connectivity index (χ0v) is 11.4. The summed E-state index contributed by atoms with van der Waals surface area (Å²) in [5.41, 5.74) is 3.97. The molecular formula is C18H18N2. The van der Waals surface area contributed by atoms with Crippen LogP contribution in [0, 0.1) is 0 Å². The second-order valence-electron chi connectivity index (χ2n) is 4.98. The van der Waals surface area contributed by atoms with Crippen molar-refractivity contribution in [2.24, 2.45) is 0 Å². The second kappa shape index (κ2) is 6.20. The summed E-state index contributed by atoms with van der Waals surface area (Å²) in [7, 11) is 0. The fourth-order valence-electron chi connectivity index (χ4n) is 2.40. The number of aromatic nitrogens is 2. The predicted molar refractivity (Wildman–Crippen MR) is 81.6 cm³/mol. The highest BCUT2D eigenvalue weighted by Crippen LogP contribution is 2.10. The summed E-state index contributed by atoms with van der Waals surface area (Å²) in [6.07, 6.45) is 5.88. The van der Waals surface area contributed by atoms with Gasteiger partial charge in [0.1, 0.15) is 0 Å². The van der Waals surface area contributed by atoms with E-state index in [1.54, 1.807) is 0 Å². The van der Waals surface area contributed by atoms with Crippen LogP contribution in [0.3, 0.4) is 0 Å². The summed E-state index contributed by atoms with van der Waals surface area (Å²) in [6, 6.07) is 21.1. The van der Waals surface area contributed by atoms with Crippen LogP contribution in [0.15, 0.2) is 73.2 Å². The van der Waals surface area contributed by atoms with Crippen molar-refractivity contribution in [3.05, 3.63) is 90.0 Å². The zero-order chi connectivity index (χ0) is 13.6. The Bertz CT molecular complexity index is 641. The molecule has 0 bridgehead atoms. The topological polar surface area (TPSA) is 17.8 Å². The lowest BCUT2D eigenvalue weighted by atomic mass is 10.1. The van der Waals surface area contributed by atoms with Gasteiger partial charge in [0.2, 0.25) is 0 Å². The van der Waals surface area contributed by atoms with Gasteiger partial charge in [0.25, 0.3) is 0 Å². The maximum Gasteiger partial charge on any atom is 0.0948 e. The fourth-order valence-corrected chi connectivity index (χ4v) is 2.40. The lowest BCUT2D eigenvalue weighted by molar-refractivity contribution is 0.668. The van der Waals surface area contributed by atoms with Gasteiger partial charge in [-0.1, -0.05) is 60.7 Å². The highest BCUT2D eigenvalue weighted by atomic mass is 15.0. The van der Waals surface area contributed by atoms with E-state index in [2.05, 4.69) is 70.2 Å². The second-order valence-corrected chi connectivity index (χ2v) is 4.98. The summed E-state index contributed by atoms with van der Waals surface area (Å²) in [4.78, 5) is 4.29. The molecule has 0 spiro atoms. The molecule has 0 radical (unpaired) electrons. The minimum absolute atomic E-state index is 0.940. The minimum atomic E-state index is 0.940. The van der Waals surface area contributed by atoms with Crippen LogP contribution >= 0.6 is 0 Å². The van der Waals surface area contributed by atoms with Crippen LogP contribution < -0.4 is 0 Å². The van der Waals surface area contributed by atoms with E-state index in [9.17, 15) is 0 Å². The Morgan fingerprint density at radius 1 is 0.800 bits per heavy atom. The third-order valence-electron chi connectivity index (χ3n) is 3.51. The molecule has 2 aromatic carbocycles. The highest BCUT2D eigenvalue weighted by Gasteiger charge is 2.03. The predicted octanol–water partition coefficient (Wildman–Crippen LogP) is 3.72. The fraction of sp³-hybridized carbons (Fsp3) is 0.167. The normalized spacial score (nSPS) is 10.6. The number of hydrogen-bond acceptors (Lipinski definition) is 1. The van der Waals surface area contributed by atoms with E-state index in [1.807, 2.05) is 12.5 Å². The molecule has 1 heterocycles. The molecule has 0 amide bonds. The van der Waals surface area contributed by atoms with Gasteiger partial charge in [-0.25, -0.2) is 4.98 Å². The molecule has 0 unspecified atom stereocenters. The SMILES string of the molecule is c1ccc(CCn2cncc2Cc2ccccc2)cc1. The molecule has 0 aliphatic rings. The Morgan fingerprint density at radius 2 is 1.45 bits per heavy atom. The molecule has 1 aromatic heterocycles. The van der Waals surface area contributed by atoms with E-state index in [4.69, 9.17) is 0 Å². The van der Waals surface area contributed by atoms with Crippen LogP contribution in [0.1, 0.15) is 16.8 Å². The van der Waals surface area contributed by atoms with Crippen molar-refractivity contribution in [1.82, 2.24) is 9.55 Å². The van der Waals surface area contributed by atoms with Crippen LogP contribution in [-0.4, -0.2) is 9.55 Å². The lowest BCUT2D eigenvalue weighted by Gasteiger charge is -2.08. The summed E-state index contributed by atoms with van der Waals surface area (Å²) in [5, 5.41) is 0. The van der Waals surface area contributed by atoms with Crippen LogP contribution in [0.25, 0.3) is 0 Å². The van der Waals surface area contributed by atoms with Gasteiger partial charge < -0.3 is 4.57 Å². The van der Waals surface area contributed by atoms with Crippen LogP contribution in [0.5, 0.6) is 0 Å². The summed E-state index contributed by atoms with van der Waals surface area (Å²) < 4.78 is 2.25. The van der Waals surface area contributed by atoms with Gasteiger partial charge in [0.15, 0.2) is 0 Å². The molecule has 0 N–H and O–H groups in total. The number of nitrogens with zero attached hydrogens (tertiary/aromatic N) is 2. The number of benzene rings is 2. The standard InChI is InChI=1S/C18H18N2/c1-3-7-16(8-4-1)11-12-20-15-19-14-18(20)13-17-9-5-2-6-10-17/h1-10,14-15H,11-13H2. The monoisotopic (exact) mass is 262 g/mol. The number of hydrogen-bond donors (Lipinski definition) is 0. The van der Waals surface area contributed by atoms with Crippen molar-refractivity contribution < 1.29 is 0 Å². The molecule has 0 saturated carbocycles. The molecule has 0 aliphatic carbocycles. The molecule has 2 nitrogen and oxygen atoms in total. The average Bonchev–Trinajstić information content (AvgIpc) is 2.94. The van der Waals surface area contributed by atoms with E-state index in [0.717, 1.165) is 19.4 Å². The van der Waals surface area contributed by atoms with Crippen LogP contribution in [-0.2, 0) is 19.4 Å². The zero-order valence-electron chi connectivity index (χ0n) is 11.4. The maximum atomic E-state index is 4.29. The number of imidazole rings is 1. The van der Waals surface area contributed by atoms with Gasteiger partial charge in [0, 0.05) is 24.9 Å². The van der Waals surface area contributed by atoms with Gasteiger partial charge in [-0.05, 0) is 17.5 Å². The first kappa shape index (κ1) is 12.7. The Morgan fingerprint density at radius 3 is 2.15 bits per heavy atom. The first-order valence-corrected chi connectivity index (χ1v) is 6.99. The van der Waals surface area contributed by atoms with Gasteiger partial charge >= 0.3 is 0 Å². The molecule has 20 heavy (non-hydrogen) atoms. The molecular weight excluding hydrogens is 244 g/mol. The van der Waals surface area contributed by atoms with Crippen molar-refractivity contribution >= 4 is 0 Å². The lowest BCUT2D eigenvalue weighted by Crippen LogP contribution is -2.05. The van der Waals surface area contributed by atoms with Crippen LogP contribution in [0.4, 0.5) is 0 Å². The van der Waals surface area contributed by atoms with Crippen LogP contribution in [0.2, 0.25) is 0 Å². The minimum Gasteiger partial charge on any atom is -0.334 e. The van der Waals surface area contributed by atoms with Crippen molar-refractivity contribution in [3.8, 4) is 0 Å². The maximum absolute atomic E-state index is 4.29. The average molecular weight is 262 g/mol. The van der Waals surface area contributed by atoms with Gasteiger partial charge in [-0.15, -0.1) is 0 Å². The van der Waals surface area contributed by atoms with Crippen molar-refractivity contribution in [2.45, 2.75) is 19.4 Å². The third-order valence-corrected chi connectivity index (χ3v) is 3.51. The summed E-state index contributed by atoms with van der Waals surface area (Å²) in [5.74, 6) is 0. The first-order valence-electron chi connectivity index (χ1n) is 6.99. The summed E-state index contributed by atoms with van der Waals surface area (Å²) >= 11 is 0. The molecule has 3 aromatic rings. The van der Waals surface area contributed by atoms with E-state index < -0.39 is 0 Å². The van der Waals surface area contributed by atoms with Gasteiger partial charge in [0.05, 0.1) is 6.33 Å². The number of rotatable bonds is 5. The van der Waals surface area contributed by atoms with E-state index in [-0.39, 0.29) is 0 Å². The van der Waals surface area contributed by atoms with Gasteiger partial charge in [-0.2, -0.15) is 0 Å². The third kappa shape index (κ3) is 3.15. The highest BCUT2D eigenvalue weighted by molar-refractivity contribution is 5.21. The Labute approximate surface area is 119 Å². The van der Waals surface area contributed by atoms with E-state index in [1.165, 1.54) is 16.8 Å². The summed E-state index contributed by atoms with van der Waals surface area (Å²) in [6.45, 7) is 0.978. The van der Waals surface area contributed by atoms with E-state index >= 15 is 0 Å². The molecule has 0 saturated heterocycles. The molecule has 2 heteroatoms. The quantitative estimate of drug-likeness (QED) is 0.685. The Hall–Kier alpha value is -2.35. The van der Waals surface area contributed by atoms with Crippen molar-refractivity contribution in [1.29, 1.82) is 0 Å². The Balaban J connectivity index is 1.68. The Kier molecular flexibility index (Phi) is 3.93. The van der Waals surface area contributed by atoms with Crippen molar-refractivity contribution in [2.75, 3.05) is 0 Å². The molecule has 100 valence electrons.